The Hall–Kier alpha value is -1.88. The zero-order valence-corrected chi connectivity index (χ0v) is 11.0. The molecule has 0 saturated heterocycles. The van der Waals surface area contributed by atoms with Crippen LogP contribution in [0.2, 0.25) is 0 Å². The van der Waals surface area contributed by atoms with Gasteiger partial charge in [-0.15, -0.1) is 0 Å². The Balaban J connectivity index is 2.91. The summed E-state index contributed by atoms with van der Waals surface area (Å²) < 4.78 is 4.82. The number of rotatable bonds is 6. The van der Waals surface area contributed by atoms with Gasteiger partial charge in [0.1, 0.15) is 0 Å². The Labute approximate surface area is 111 Å². The second-order valence-corrected chi connectivity index (χ2v) is 4.19. The molecule has 1 atom stereocenters. The molecule has 0 aromatic heterocycles. The molecule has 1 unspecified atom stereocenters. The molecule has 2 N–H and O–H groups in total. The molecule has 19 heavy (non-hydrogen) atoms. The smallest absolute Gasteiger partial charge is 0.337 e. The molecule has 5 nitrogen and oxygen atoms in total. The van der Waals surface area contributed by atoms with Gasteiger partial charge in [-0.05, 0) is 37.0 Å². The van der Waals surface area contributed by atoms with Gasteiger partial charge in [-0.2, -0.15) is 0 Å². The lowest BCUT2D eigenvalue weighted by Gasteiger charge is -2.15. The SMILES string of the molecule is CCOC(=O)CCc1cccc(C)c1C(O)C(=O)O. The first-order chi connectivity index (χ1) is 8.97. The highest BCUT2D eigenvalue weighted by molar-refractivity contribution is 5.75. The summed E-state index contributed by atoms with van der Waals surface area (Å²) in [5, 5.41) is 18.6. The van der Waals surface area contributed by atoms with Crippen LogP contribution >= 0.6 is 0 Å². The van der Waals surface area contributed by atoms with Crippen molar-refractivity contribution in [2.75, 3.05) is 6.61 Å². The van der Waals surface area contributed by atoms with Gasteiger partial charge in [-0.25, -0.2) is 4.79 Å². The average Bonchev–Trinajstić information content (AvgIpc) is 2.36. The molecule has 0 fully saturated rings. The van der Waals surface area contributed by atoms with Crippen LogP contribution in [0.5, 0.6) is 0 Å². The minimum atomic E-state index is -1.57. The van der Waals surface area contributed by atoms with Gasteiger partial charge >= 0.3 is 11.9 Å². The monoisotopic (exact) mass is 266 g/mol. The summed E-state index contributed by atoms with van der Waals surface area (Å²) in [4.78, 5) is 22.2. The number of hydrogen-bond acceptors (Lipinski definition) is 4. The maximum absolute atomic E-state index is 11.3. The van der Waals surface area contributed by atoms with E-state index in [0.29, 0.717) is 29.7 Å². The van der Waals surface area contributed by atoms with Crippen molar-refractivity contribution in [2.45, 2.75) is 32.8 Å². The van der Waals surface area contributed by atoms with Crippen LogP contribution in [0.1, 0.15) is 36.1 Å². The van der Waals surface area contributed by atoms with E-state index in [9.17, 15) is 14.7 Å². The molecule has 104 valence electrons. The summed E-state index contributed by atoms with van der Waals surface area (Å²) >= 11 is 0. The largest absolute Gasteiger partial charge is 0.479 e. The van der Waals surface area contributed by atoms with Crippen LogP contribution in [0.15, 0.2) is 18.2 Å². The van der Waals surface area contributed by atoms with Gasteiger partial charge in [0.05, 0.1) is 6.61 Å². The van der Waals surface area contributed by atoms with Crippen LogP contribution in [-0.4, -0.2) is 28.8 Å². The first kappa shape index (κ1) is 15.2. The van der Waals surface area contributed by atoms with Crippen LogP contribution in [0.25, 0.3) is 0 Å². The van der Waals surface area contributed by atoms with Crippen LogP contribution in [0.3, 0.4) is 0 Å². The number of aliphatic carboxylic acids is 1. The minimum absolute atomic E-state index is 0.163. The number of ether oxygens (including phenoxy) is 1. The first-order valence-corrected chi connectivity index (χ1v) is 6.12. The number of aliphatic hydroxyl groups is 1. The van der Waals surface area contributed by atoms with E-state index in [4.69, 9.17) is 9.84 Å². The predicted octanol–water partition coefficient (Wildman–Crippen LogP) is 1.61. The topological polar surface area (TPSA) is 83.8 Å². The molecule has 1 aromatic rings. The van der Waals surface area contributed by atoms with Crippen LogP contribution in [0.4, 0.5) is 0 Å². The third kappa shape index (κ3) is 4.06. The summed E-state index contributed by atoms with van der Waals surface area (Å²) in [6.45, 7) is 3.77. The molecule has 0 heterocycles. The Morgan fingerprint density at radius 3 is 2.63 bits per heavy atom. The number of carboxylic acids is 1. The maximum Gasteiger partial charge on any atom is 0.337 e. The van der Waals surface area contributed by atoms with E-state index < -0.39 is 12.1 Å². The highest BCUT2D eigenvalue weighted by atomic mass is 16.5. The number of hydrogen-bond donors (Lipinski definition) is 2. The molecule has 1 rings (SSSR count). The van der Waals surface area contributed by atoms with Gasteiger partial charge in [0, 0.05) is 6.42 Å². The normalized spacial score (nSPS) is 11.9. The maximum atomic E-state index is 11.3. The summed E-state index contributed by atoms with van der Waals surface area (Å²) in [6.07, 6.45) is -1.06. The number of carbonyl (C=O) groups excluding carboxylic acids is 1. The van der Waals surface area contributed by atoms with E-state index in [1.54, 1.807) is 32.0 Å². The second kappa shape index (κ2) is 6.89. The lowest BCUT2D eigenvalue weighted by molar-refractivity contribution is -0.147. The van der Waals surface area contributed by atoms with Gasteiger partial charge < -0.3 is 14.9 Å². The number of esters is 1. The third-order valence-electron chi connectivity index (χ3n) is 2.83. The van der Waals surface area contributed by atoms with Crippen LogP contribution < -0.4 is 0 Å². The zero-order chi connectivity index (χ0) is 14.4. The van der Waals surface area contributed by atoms with Crippen LogP contribution in [0, 0.1) is 6.92 Å². The Kier molecular flexibility index (Phi) is 5.51. The van der Waals surface area contributed by atoms with Crippen molar-refractivity contribution in [3.63, 3.8) is 0 Å². The molecule has 5 heteroatoms. The highest BCUT2D eigenvalue weighted by Gasteiger charge is 2.21. The molecule has 1 aromatic carbocycles. The van der Waals surface area contributed by atoms with E-state index in [0.717, 1.165) is 0 Å². The fraction of sp³-hybridized carbons (Fsp3) is 0.429. The van der Waals surface area contributed by atoms with E-state index in [1.165, 1.54) is 0 Å². The van der Waals surface area contributed by atoms with Gasteiger partial charge in [0.25, 0.3) is 0 Å². The molecular formula is C14H18O5. The standard InChI is InChI=1S/C14H18O5/c1-3-19-11(15)8-7-10-6-4-5-9(2)12(10)13(16)14(17)18/h4-6,13,16H,3,7-8H2,1-2H3,(H,17,18). The van der Waals surface area contributed by atoms with Crippen molar-refractivity contribution in [3.8, 4) is 0 Å². The van der Waals surface area contributed by atoms with Gasteiger partial charge in [0.15, 0.2) is 6.10 Å². The summed E-state index contributed by atoms with van der Waals surface area (Å²) in [5.41, 5.74) is 1.71. The Morgan fingerprint density at radius 1 is 1.37 bits per heavy atom. The third-order valence-corrected chi connectivity index (χ3v) is 2.83. The lowest BCUT2D eigenvalue weighted by atomic mass is 9.94. The lowest BCUT2D eigenvalue weighted by Crippen LogP contribution is -2.15. The van der Waals surface area contributed by atoms with Gasteiger partial charge in [-0.1, -0.05) is 18.2 Å². The quantitative estimate of drug-likeness (QED) is 0.764. The summed E-state index contributed by atoms with van der Waals surface area (Å²) in [7, 11) is 0. The number of aryl methyl sites for hydroxylation is 2. The Morgan fingerprint density at radius 2 is 2.05 bits per heavy atom. The molecule has 0 bridgehead atoms. The number of benzene rings is 1. The molecule has 0 aliphatic rings. The van der Waals surface area contributed by atoms with E-state index >= 15 is 0 Å². The van der Waals surface area contributed by atoms with Crippen molar-refractivity contribution < 1.29 is 24.5 Å². The van der Waals surface area contributed by atoms with Crippen LogP contribution in [-0.2, 0) is 20.7 Å². The molecule has 0 radical (unpaired) electrons. The highest BCUT2D eigenvalue weighted by Crippen LogP contribution is 2.23. The zero-order valence-electron chi connectivity index (χ0n) is 11.0. The Bertz CT molecular complexity index is 467. The van der Waals surface area contributed by atoms with Gasteiger partial charge in [0.2, 0.25) is 0 Å². The number of aliphatic hydroxyl groups excluding tert-OH is 1. The molecular weight excluding hydrogens is 248 g/mol. The van der Waals surface area contributed by atoms with Crippen molar-refractivity contribution in [2.24, 2.45) is 0 Å². The number of carbonyl (C=O) groups is 2. The summed E-state index contributed by atoms with van der Waals surface area (Å²) in [5.74, 6) is -1.63. The first-order valence-electron chi connectivity index (χ1n) is 6.12. The van der Waals surface area contributed by atoms with E-state index in [1.807, 2.05) is 0 Å². The van der Waals surface area contributed by atoms with Crippen molar-refractivity contribution in [1.29, 1.82) is 0 Å². The molecule has 0 amide bonds. The fourth-order valence-corrected chi connectivity index (χ4v) is 1.94. The van der Waals surface area contributed by atoms with Crippen molar-refractivity contribution in [3.05, 3.63) is 34.9 Å². The second-order valence-electron chi connectivity index (χ2n) is 4.19. The van der Waals surface area contributed by atoms with Crippen molar-refractivity contribution >= 4 is 11.9 Å². The predicted molar refractivity (Wildman–Crippen MR) is 68.7 cm³/mol. The molecule has 0 saturated carbocycles. The fourth-order valence-electron chi connectivity index (χ4n) is 1.94. The molecule has 0 aliphatic carbocycles. The van der Waals surface area contributed by atoms with Crippen molar-refractivity contribution in [1.82, 2.24) is 0 Å². The minimum Gasteiger partial charge on any atom is -0.479 e. The van der Waals surface area contributed by atoms with E-state index in [2.05, 4.69) is 0 Å². The number of carboxylic acid groups (broad SMARTS) is 1. The molecule has 0 aliphatic heterocycles. The van der Waals surface area contributed by atoms with Gasteiger partial charge in [-0.3, -0.25) is 4.79 Å². The molecule has 0 spiro atoms. The average molecular weight is 266 g/mol. The summed E-state index contributed by atoms with van der Waals surface area (Å²) in [6, 6.07) is 5.22. The van der Waals surface area contributed by atoms with E-state index in [-0.39, 0.29) is 12.4 Å².